The number of alkyl halides is 3. The molecule has 6 nitrogen and oxygen atoms in total. The standard InChI is InChI=1S/C24H10Br4F3N3O3S2/c25-17-15-16(18(26)20(28)19(17)27)22(37)34(21(15)36)11-4-5-12-13(7-11)39-23(33-12)38-8-14(35)32-10-3-1-2-9(6-10)24(29,30)31/h1-7H,8H2,(H,32,35). The lowest BCUT2D eigenvalue weighted by Gasteiger charge is -2.13. The second-order valence-corrected chi connectivity index (χ2v) is 13.4. The Labute approximate surface area is 260 Å². The first-order valence-electron chi connectivity index (χ1n) is 10.6. The summed E-state index contributed by atoms with van der Waals surface area (Å²) in [6.07, 6.45) is -4.51. The number of hydrogen-bond donors (Lipinski definition) is 1. The van der Waals surface area contributed by atoms with Gasteiger partial charge in [0.1, 0.15) is 0 Å². The van der Waals surface area contributed by atoms with Crippen molar-refractivity contribution in [2.75, 3.05) is 16.0 Å². The van der Waals surface area contributed by atoms with Crippen LogP contribution in [0.25, 0.3) is 10.2 Å². The molecule has 0 saturated heterocycles. The van der Waals surface area contributed by atoms with E-state index in [0.717, 1.165) is 28.8 Å². The van der Waals surface area contributed by atoms with Crippen molar-refractivity contribution in [1.29, 1.82) is 0 Å². The molecule has 0 atom stereocenters. The summed E-state index contributed by atoms with van der Waals surface area (Å²) in [7, 11) is 0. The number of carbonyl (C=O) groups excluding carboxylic acids is 3. The van der Waals surface area contributed by atoms with Crippen LogP contribution in [0.15, 0.2) is 64.7 Å². The van der Waals surface area contributed by atoms with Gasteiger partial charge in [-0.05, 0) is 100 Å². The summed E-state index contributed by atoms with van der Waals surface area (Å²) in [5.41, 5.74) is 0.621. The number of rotatable bonds is 5. The molecule has 1 aliphatic heterocycles. The van der Waals surface area contributed by atoms with Crippen LogP contribution in [-0.4, -0.2) is 28.5 Å². The van der Waals surface area contributed by atoms with E-state index >= 15 is 0 Å². The Kier molecular flexibility index (Phi) is 8.03. The average Bonchev–Trinajstić information content (AvgIpc) is 3.41. The van der Waals surface area contributed by atoms with Crippen molar-refractivity contribution in [3.05, 3.63) is 77.0 Å². The molecule has 1 N–H and O–H groups in total. The van der Waals surface area contributed by atoms with Crippen molar-refractivity contribution in [1.82, 2.24) is 4.98 Å². The first-order chi connectivity index (χ1) is 18.4. The highest BCUT2D eigenvalue weighted by atomic mass is 79.9. The molecule has 4 aromatic rings. The van der Waals surface area contributed by atoms with Crippen molar-refractivity contribution in [2.45, 2.75) is 10.5 Å². The lowest BCUT2D eigenvalue weighted by atomic mass is 10.1. The molecule has 0 unspecified atom stereocenters. The zero-order valence-corrected chi connectivity index (χ0v) is 26.8. The Balaban J connectivity index is 1.33. The van der Waals surface area contributed by atoms with Gasteiger partial charge in [0.25, 0.3) is 11.8 Å². The number of anilines is 2. The molecule has 2 heterocycles. The first kappa shape index (κ1) is 28.7. The maximum absolute atomic E-state index is 13.3. The van der Waals surface area contributed by atoms with Crippen LogP contribution in [0, 0.1) is 0 Å². The third-order valence-corrected chi connectivity index (χ3v) is 12.4. The predicted octanol–water partition coefficient (Wildman–Crippen LogP) is 8.90. The van der Waals surface area contributed by atoms with Gasteiger partial charge in [0.05, 0.1) is 38.3 Å². The van der Waals surface area contributed by atoms with Crippen LogP contribution in [0.2, 0.25) is 0 Å². The molecule has 39 heavy (non-hydrogen) atoms. The molecule has 0 radical (unpaired) electrons. The van der Waals surface area contributed by atoms with Crippen LogP contribution in [0.5, 0.6) is 0 Å². The number of imide groups is 1. The lowest BCUT2D eigenvalue weighted by molar-refractivity contribution is -0.137. The molecule has 5 rings (SSSR count). The molecule has 1 aromatic heterocycles. The lowest BCUT2D eigenvalue weighted by Crippen LogP contribution is -2.29. The van der Waals surface area contributed by atoms with Gasteiger partial charge in [0.2, 0.25) is 5.91 Å². The summed E-state index contributed by atoms with van der Waals surface area (Å²) in [4.78, 5) is 44.5. The van der Waals surface area contributed by atoms with E-state index in [1.165, 1.54) is 23.5 Å². The number of nitrogens with zero attached hydrogens (tertiary/aromatic N) is 2. The monoisotopic (exact) mass is 825 g/mol. The average molecular weight is 829 g/mol. The number of halogens is 7. The molecular formula is C24H10Br4F3N3O3S2. The van der Waals surface area contributed by atoms with Crippen LogP contribution < -0.4 is 10.2 Å². The van der Waals surface area contributed by atoms with Gasteiger partial charge in [-0.2, -0.15) is 13.2 Å². The fourth-order valence-electron chi connectivity index (χ4n) is 3.77. The van der Waals surface area contributed by atoms with Crippen molar-refractivity contribution >= 4 is 126 Å². The van der Waals surface area contributed by atoms with Gasteiger partial charge in [-0.15, -0.1) is 11.3 Å². The number of aromatic nitrogens is 1. The van der Waals surface area contributed by atoms with Crippen molar-refractivity contribution in [2.24, 2.45) is 0 Å². The Hall–Kier alpha value is -1.78. The minimum Gasteiger partial charge on any atom is -0.325 e. The molecule has 1 aliphatic rings. The zero-order valence-electron chi connectivity index (χ0n) is 18.8. The summed E-state index contributed by atoms with van der Waals surface area (Å²) in [5, 5.41) is 2.46. The van der Waals surface area contributed by atoms with E-state index in [-0.39, 0.29) is 22.6 Å². The largest absolute Gasteiger partial charge is 0.416 e. The molecule has 0 bridgehead atoms. The zero-order chi connectivity index (χ0) is 28.2. The number of fused-ring (bicyclic) bond motifs is 2. The molecule has 200 valence electrons. The minimum atomic E-state index is -4.51. The summed E-state index contributed by atoms with van der Waals surface area (Å²) in [5.74, 6) is -1.53. The van der Waals surface area contributed by atoms with E-state index in [0.29, 0.717) is 38.1 Å². The number of nitrogens with one attached hydrogen (secondary N) is 1. The number of carbonyl (C=O) groups is 3. The fraction of sp³-hybridized carbons (Fsp3) is 0.0833. The smallest absolute Gasteiger partial charge is 0.325 e. The normalized spacial score (nSPS) is 13.4. The van der Waals surface area contributed by atoms with Gasteiger partial charge >= 0.3 is 6.18 Å². The van der Waals surface area contributed by atoms with Gasteiger partial charge in [-0.3, -0.25) is 14.4 Å². The van der Waals surface area contributed by atoms with Crippen molar-refractivity contribution in [3.8, 4) is 0 Å². The second kappa shape index (κ2) is 10.9. The summed E-state index contributed by atoms with van der Waals surface area (Å²) >= 11 is 16.0. The SMILES string of the molecule is O=C(CSc1nc2ccc(N3C(=O)c4c(Br)c(Br)c(Br)c(Br)c4C3=O)cc2s1)Nc1cccc(C(F)(F)F)c1. The topological polar surface area (TPSA) is 79.4 Å². The first-order valence-corrected chi connectivity index (χ1v) is 15.6. The van der Waals surface area contributed by atoms with Gasteiger partial charge < -0.3 is 5.32 Å². The predicted molar refractivity (Wildman–Crippen MR) is 159 cm³/mol. The molecule has 0 saturated carbocycles. The minimum absolute atomic E-state index is 0.0441. The van der Waals surface area contributed by atoms with E-state index in [2.05, 4.69) is 74.0 Å². The van der Waals surface area contributed by atoms with Gasteiger partial charge in [-0.25, -0.2) is 9.88 Å². The number of thioether (sulfide) groups is 1. The van der Waals surface area contributed by atoms with Crippen LogP contribution in [0.1, 0.15) is 26.3 Å². The molecule has 15 heteroatoms. The fourth-order valence-corrected chi connectivity index (χ4v) is 8.13. The quantitative estimate of drug-likeness (QED) is 0.0942. The number of thiazole rings is 1. The third kappa shape index (κ3) is 5.45. The van der Waals surface area contributed by atoms with E-state index in [1.54, 1.807) is 18.2 Å². The van der Waals surface area contributed by atoms with Crippen LogP contribution in [0.4, 0.5) is 24.5 Å². The Bertz CT molecular complexity index is 1660. The highest BCUT2D eigenvalue weighted by Crippen LogP contribution is 2.46. The molecule has 0 aliphatic carbocycles. The summed E-state index contributed by atoms with van der Waals surface area (Å²) in [6.45, 7) is 0. The molecule has 0 fully saturated rings. The van der Waals surface area contributed by atoms with E-state index in [9.17, 15) is 27.6 Å². The van der Waals surface area contributed by atoms with E-state index < -0.39 is 29.5 Å². The molecule has 3 aromatic carbocycles. The number of hydrogen-bond acceptors (Lipinski definition) is 6. The van der Waals surface area contributed by atoms with Crippen LogP contribution in [0.3, 0.4) is 0 Å². The van der Waals surface area contributed by atoms with E-state index in [4.69, 9.17) is 0 Å². The van der Waals surface area contributed by atoms with Gasteiger partial charge in [0.15, 0.2) is 4.34 Å². The second-order valence-electron chi connectivity index (χ2n) is 8.00. The number of benzene rings is 3. The highest BCUT2D eigenvalue weighted by molar-refractivity contribution is 9.15. The third-order valence-electron chi connectivity index (χ3n) is 5.51. The maximum Gasteiger partial charge on any atom is 0.416 e. The van der Waals surface area contributed by atoms with Gasteiger partial charge in [-0.1, -0.05) is 17.8 Å². The summed E-state index contributed by atoms with van der Waals surface area (Å²) in [6, 6.07) is 9.36. The Morgan fingerprint density at radius 2 is 1.59 bits per heavy atom. The van der Waals surface area contributed by atoms with Crippen molar-refractivity contribution < 1.29 is 27.6 Å². The van der Waals surface area contributed by atoms with Crippen LogP contribution in [-0.2, 0) is 11.0 Å². The van der Waals surface area contributed by atoms with Crippen molar-refractivity contribution in [3.63, 3.8) is 0 Å². The Morgan fingerprint density at radius 3 is 2.21 bits per heavy atom. The number of amides is 3. The van der Waals surface area contributed by atoms with E-state index in [1.807, 2.05) is 0 Å². The van der Waals surface area contributed by atoms with Crippen LogP contribution >= 0.6 is 86.8 Å². The molecule has 0 spiro atoms. The molecule has 3 amide bonds. The maximum atomic E-state index is 13.3. The highest BCUT2D eigenvalue weighted by Gasteiger charge is 2.42. The Morgan fingerprint density at radius 1 is 0.949 bits per heavy atom. The molecular weight excluding hydrogens is 819 g/mol. The van der Waals surface area contributed by atoms with Gasteiger partial charge in [0, 0.05) is 23.6 Å². The summed E-state index contributed by atoms with van der Waals surface area (Å²) < 4.78 is 42.0.